The van der Waals surface area contributed by atoms with Crippen molar-refractivity contribution in [2.24, 2.45) is 5.92 Å². The van der Waals surface area contributed by atoms with Crippen molar-refractivity contribution < 1.29 is 0 Å². The average molecular weight is 539 g/mol. The van der Waals surface area contributed by atoms with Crippen LogP contribution in [0.3, 0.4) is 0 Å². The van der Waals surface area contributed by atoms with Crippen molar-refractivity contribution >= 4 is 11.1 Å². The molecule has 0 radical (unpaired) electrons. The molecule has 0 amide bonds. The summed E-state index contributed by atoms with van der Waals surface area (Å²) >= 11 is 0. The van der Waals surface area contributed by atoms with Crippen LogP contribution < -0.4 is 0 Å². The molecule has 3 aliphatic carbocycles. The van der Waals surface area contributed by atoms with Crippen LogP contribution in [-0.2, 0) is 12.8 Å². The van der Waals surface area contributed by atoms with Crippen molar-refractivity contribution in [2.75, 3.05) is 0 Å². The minimum absolute atomic E-state index is 0.282. The van der Waals surface area contributed by atoms with E-state index in [1.807, 2.05) is 0 Å². The van der Waals surface area contributed by atoms with Gasteiger partial charge in [0.1, 0.15) is 0 Å². The SMILES string of the molecule is C=C(CCC)C1=C(C)C=C2CC(=CC3=CC=C(c4cccc(C(=C)C)c4)C3)C(=C)C2C1c1ccc(CC)cc1CC. The molecule has 2 aromatic rings. The molecule has 1 fully saturated rings. The van der Waals surface area contributed by atoms with E-state index in [4.69, 9.17) is 6.58 Å². The fourth-order valence-electron chi connectivity index (χ4n) is 7.14. The average Bonchev–Trinajstić information content (AvgIpc) is 3.56. The van der Waals surface area contributed by atoms with Crippen LogP contribution in [0.15, 0.2) is 126 Å². The van der Waals surface area contributed by atoms with Crippen molar-refractivity contribution in [1.29, 1.82) is 0 Å². The van der Waals surface area contributed by atoms with Crippen LogP contribution in [0.4, 0.5) is 0 Å². The first-order valence-corrected chi connectivity index (χ1v) is 15.5. The molecule has 0 bridgehead atoms. The second-order valence-corrected chi connectivity index (χ2v) is 12.2. The van der Waals surface area contributed by atoms with Crippen LogP contribution in [0.5, 0.6) is 0 Å². The standard InChI is InChI=1S/C41H46/c1-9-13-27(6)39-28(7)20-37-25-36(23-31-16-18-35(22-31)34-15-12-14-33(24-34)26(4)5)29(8)40(37)41(39)38-19-17-30(10-2)21-32(38)11-3/h12,14-21,23-24,40-41H,4,6,8-11,13,22,25H2,1-3,5,7H3. The van der Waals surface area contributed by atoms with Gasteiger partial charge in [0.05, 0.1) is 0 Å². The Bertz CT molecular complexity index is 1570. The molecule has 1 saturated carbocycles. The zero-order chi connectivity index (χ0) is 29.3. The summed E-state index contributed by atoms with van der Waals surface area (Å²) in [7, 11) is 0. The Balaban J connectivity index is 1.48. The van der Waals surface area contributed by atoms with E-state index in [0.717, 1.165) is 44.1 Å². The summed E-state index contributed by atoms with van der Waals surface area (Å²) in [4.78, 5) is 0. The maximum Gasteiger partial charge on any atom is 0.0203 e. The lowest BCUT2D eigenvalue weighted by molar-refractivity contribution is 0.614. The molecule has 0 heterocycles. The highest BCUT2D eigenvalue weighted by Crippen LogP contribution is 2.55. The van der Waals surface area contributed by atoms with Crippen LogP contribution in [0.2, 0.25) is 0 Å². The summed E-state index contributed by atoms with van der Waals surface area (Å²) < 4.78 is 0. The molecule has 0 aliphatic heterocycles. The van der Waals surface area contributed by atoms with E-state index in [2.05, 4.69) is 115 Å². The second kappa shape index (κ2) is 12.1. The lowest BCUT2D eigenvalue weighted by atomic mass is 9.68. The number of hydrogen-bond donors (Lipinski definition) is 0. The molecule has 5 rings (SSSR count). The molecule has 0 aromatic heterocycles. The minimum atomic E-state index is 0.282. The molecular weight excluding hydrogens is 492 g/mol. The molecule has 210 valence electrons. The fraction of sp³-hybridized carbons (Fsp3) is 0.317. The Morgan fingerprint density at radius 1 is 0.951 bits per heavy atom. The highest BCUT2D eigenvalue weighted by molar-refractivity contribution is 5.76. The predicted molar refractivity (Wildman–Crippen MR) is 180 cm³/mol. The Labute approximate surface area is 249 Å². The van der Waals surface area contributed by atoms with Gasteiger partial charge in [-0.15, -0.1) is 0 Å². The number of fused-ring (bicyclic) bond motifs is 1. The summed E-state index contributed by atoms with van der Waals surface area (Å²) in [5, 5.41) is 0. The molecule has 0 nitrogen and oxygen atoms in total. The zero-order valence-corrected chi connectivity index (χ0v) is 25.9. The van der Waals surface area contributed by atoms with Crippen LogP contribution in [-0.4, -0.2) is 0 Å². The zero-order valence-electron chi connectivity index (χ0n) is 25.9. The first-order chi connectivity index (χ1) is 19.7. The summed E-state index contributed by atoms with van der Waals surface area (Å²) in [6.45, 7) is 24.7. The van der Waals surface area contributed by atoms with Crippen LogP contribution in [0.1, 0.15) is 94.0 Å². The molecule has 0 heteroatoms. The van der Waals surface area contributed by atoms with Crippen molar-refractivity contribution in [3.05, 3.63) is 153 Å². The Kier molecular flexibility index (Phi) is 8.50. The van der Waals surface area contributed by atoms with Gasteiger partial charge in [-0.25, -0.2) is 0 Å². The molecule has 0 N–H and O–H groups in total. The van der Waals surface area contributed by atoms with E-state index >= 15 is 0 Å². The minimum Gasteiger partial charge on any atom is -0.0955 e. The summed E-state index contributed by atoms with van der Waals surface area (Å²) in [6.07, 6.45) is 15.7. The van der Waals surface area contributed by atoms with Crippen LogP contribution in [0.25, 0.3) is 11.1 Å². The molecular formula is C41H46. The Morgan fingerprint density at radius 2 is 1.76 bits per heavy atom. The highest BCUT2D eigenvalue weighted by atomic mass is 14.4. The van der Waals surface area contributed by atoms with E-state index in [0.29, 0.717) is 5.92 Å². The van der Waals surface area contributed by atoms with E-state index in [9.17, 15) is 0 Å². The van der Waals surface area contributed by atoms with Gasteiger partial charge in [-0.1, -0.05) is 124 Å². The van der Waals surface area contributed by atoms with Crippen LogP contribution >= 0.6 is 0 Å². The van der Waals surface area contributed by atoms with Gasteiger partial charge >= 0.3 is 0 Å². The lowest BCUT2D eigenvalue weighted by Crippen LogP contribution is -2.22. The Hall–Kier alpha value is -3.64. The molecule has 2 aromatic carbocycles. The van der Waals surface area contributed by atoms with Crippen LogP contribution in [0, 0.1) is 5.92 Å². The maximum absolute atomic E-state index is 4.78. The lowest BCUT2D eigenvalue weighted by Gasteiger charge is -2.36. The molecule has 2 atom stereocenters. The molecule has 41 heavy (non-hydrogen) atoms. The van der Waals surface area contributed by atoms with Crippen molar-refractivity contribution in [3.8, 4) is 0 Å². The van der Waals surface area contributed by atoms with Gasteiger partial charge in [0.2, 0.25) is 0 Å². The van der Waals surface area contributed by atoms with E-state index < -0.39 is 0 Å². The third kappa shape index (κ3) is 5.62. The molecule has 3 aliphatic rings. The quantitative estimate of drug-likeness (QED) is 0.298. The Morgan fingerprint density at radius 3 is 2.46 bits per heavy atom. The predicted octanol–water partition coefficient (Wildman–Crippen LogP) is 11.5. The van der Waals surface area contributed by atoms with Gasteiger partial charge in [0, 0.05) is 11.8 Å². The van der Waals surface area contributed by atoms with E-state index in [-0.39, 0.29) is 5.92 Å². The normalized spacial score (nSPS) is 21.1. The van der Waals surface area contributed by atoms with Gasteiger partial charge in [0.15, 0.2) is 0 Å². The van der Waals surface area contributed by atoms with Gasteiger partial charge in [0.25, 0.3) is 0 Å². The molecule has 0 saturated heterocycles. The highest BCUT2D eigenvalue weighted by Gasteiger charge is 2.41. The summed E-state index contributed by atoms with van der Waals surface area (Å²) in [5.74, 6) is 0.581. The maximum atomic E-state index is 4.78. The number of rotatable bonds is 9. The molecule has 2 unspecified atom stereocenters. The van der Waals surface area contributed by atoms with E-state index in [1.165, 1.54) is 72.4 Å². The summed E-state index contributed by atoms with van der Waals surface area (Å²) in [5.41, 5.74) is 19.0. The fourth-order valence-corrected chi connectivity index (χ4v) is 7.14. The number of hydrogen-bond acceptors (Lipinski definition) is 0. The number of aryl methyl sites for hydroxylation is 2. The van der Waals surface area contributed by atoms with Gasteiger partial charge in [-0.2, -0.15) is 0 Å². The second-order valence-electron chi connectivity index (χ2n) is 12.2. The first kappa shape index (κ1) is 28.9. The third-order valence-electron chi connectivity index (χ3n) is 9.30. The van der Waals surface area contributed by atoms with Crippen molar-refractivity contribution in [3.63, 3.8) is 0 Å². The monoisotopic (exact) mass is 538 g/mol. The van der Waals surface area contributed by atoms with Gasteiger partial charge in [-0.05, 0) is 113 Å². The smallest absolute Gasteiger partial charge is 0.0203 e. The van der Waals surface area contributed by atoms with Crippen molar-refractivity contribution in [1.82, 2.24) is 0 Å². The topological polar surface area (TPSA) is 0 Å². The largest absolute Gasteiger partial charge is 0.0955 e. The first-order valence-electron chi connectivity index (χ1n) is 15.5. The summed E-state index contributed by atoms with van der Waals surface area (Å²) in [6, 6.07) is 16.0. The number of benzene rings is 2. The van der Waals surface area contributed by atoms with Gasteiger partial charge in [-0.3, -0.25) is 0 Å². The third-order valence-corrected chi connectivity index (χ3v) is 9.30. The molecule has 0 spiro atoms. The van der Waals surface area contributed by atoms with Gasteiger partial charge < -0.3 is 0 Å². The van der Waals surface area contributed by atoms with Crippen molar-refractivity contribution in [2.45, 2.75) is 79.1 Å². The van der Waals surface area contributed by atoms with E-state index in [1.54, 1.807) is 0 Å². The number of allylic oxidation sites excluding steroid dienone is 13.